The van der Waals surface area contributed by atoms with Gasteiger partial charge in [0.15, 0.2) is 0 Å². The summed E-state index contributed by atoms with van der Waals surface area (Å²) in [5.74, 6) is -0.964. The number of pyridine rings is 1. The predicted octanol–water partition coefficient (Wildman–Crippen LogP) is 1.35. The molecule has 1 aromatic carbocycles. The van der Waals surface area contributed by atoms with Crippen LogP contribution >= 0.6 is 0 Å². The van der Waals surface area contributed by atoms with Gasteiger partial charge in [-0.25, -0.2) is 4.39 Å². The first-order valence-corrected chi connectivity index (χ1v) is 5.11. The Morgan fingerprint density at radius 3 is 2.67 bits per heavy atom. The van der Waals surface area contributed by atoms with E-state index in [0.29, 0.717) is 5.69 Å². The third-order valence-electron chi connectivity index (χ3n) is 2.30. The minimum absolute atomic E-state index is 0.0470. The quantitative estimate of drug-likeness (QED) is 0.700. The molecule has 0 aliphatic rings. The average molecular weight is 247 g/mol. The van der Waals surface area contributed by atoms with Gasteiger partial charge in [0.25, 0.3) is 5.91 Å². The number of carbonyl (C=O) groups is 1. The van der Waals surface area contributed by atoms with E-state index in [1.54, 1.807) is 0 Å². The summed E-state index contributed by atoms with van der Waals surface area (Å²) >= 11 is 0. The number of nitrogen functional groups attached to an aromatic ring is 1. The molecule has 0 saturated carbocycles. The van der Waals surface area contributed by atoms with E-state index in [-0.39, 0.29) is 16.8 Å². The van der Waals surface area contributed by atoms with Crippen LogP contribution in [0.1, 0.15) is 10.4 Å². The molecule has 92 valence electrons. The van der Waals surface area contributed by atoms with Crippen LogP contribution in [0.3, 0.4) is 0 Å². The minimum atomic E-state index is -0.544. The second-order valence-corrected chi connectivity index (χ2v) is 3.63. The number of rotatable bonds is 2. The molecule has 0 saturated heterocycles. The molecule has 4 N–H and O–H groups in total. The molecule has 1 heterocycles. The van der Waals surface area contributed by atoms with Crippen LogP contribution in [-0.4, -0.2) is 10.9 Å². The van der Waals surface area contributed by atoms with Crippen LogP contribution in [-0.2, 0) is 0 Å². The lowest BCUT2D eigenvalue weighted by Crippen LogP contribution is -2.14. The Hall–Kier alpha value is -2.63. The third-order valence-corrected chi connectivity index (χ3v) is 2.30. The van der Waals surface area contributed by atoms with Crippen LogP contribution in [0.5, 0.6) is 0 Å². The number of H-pyrrole nitrogens is 1. The van der Waals surface area contributed by atoms with Gasteiger partial charge in [0.2, 0.25) is 5.56 Å². The van der Waals surface area contributed by atoms with E-state index in [1.165, 1.54) is 30.5 Å². The van der Waals surface area contributed by atoms with Crippen molar-refractivity contribution in [1.29, 1.82) is 0 Å². The number of hydrogen-bond donors (Lipinski definition) is 3. The van der Waals surface area contributed by atoms with Gasteiger partial charge in [-0.1, -0.05) is 0 Å². The zero-order valence-corrected chi connectivity index (χ0v) is 9.24. The summed E-state index contributed by atoms with van der Waals surface area (Å²) in [5.41, 5.74) is 5.71. The van der Waals surface area contributed by atoms with E-state index in [9.17, 15) is 14.0 Å². The molecule has 0 aliphatic heterocycles. The number of benzene rings is 1. The van der Waals surface area contributed by atoms with Gasteiger partial charge in [0.1, 0.15) is 5.82 Å². The van der Waals surface area contributed by atoms with Gasteiger partial charge >= 0.3 is 0 Å². The molecule has 0 fully saturated rings. The summed E-state index contributed by atoms with van der Waals surface area (Å²) in [5, 5.41) is 2.54. The number of aromatic amines is 1. The van der Waals surface area contributed by atoms with Crippen molar-refractivity contribution in [2.24, 2.45) is 0 Å². The van der Waals surface area contributed by atoms with Gasteiger partial charge in [-0.2, -0.15) is 0 Å². The smallest absolute Gasteiger partial charge is 0.257 e. The first kappa shape index (κ1) is 11.8. The molecule has 0 aliphatic carbocycles. The summed E-state index contributed by atoms with van der Waals surface area (Å²) in [6.45, 7) is 0. The SMILES string of the molecule is Nc1cc(NC(=O)c2ccc(=O)[nH]c2)ccc1F. The Morgan fingerprint density at radius 1 is 1.28 bits per heavy atom. The molecule has 18 heavy (non-hydrogen) atoms. The maximum absolute atomic E-state index is 12.9. The van der Waals surface area contributed by atoms with Crippen molar-refractivity contribution in [2.75, 3.05) is 11.1 Å². The second kappa shape index (κ2) is 4.70. The van der Waals surface area contributed by atoms with E-state index in [1.807, 2.05) is 0 Å². The highest BCUT2D eigenvalue weighted by molar-refractivity contribution is 6.04. The number of hydrogen-bond acceptors (Lipinski definition) is 3. The molecule has 1 aromatic heterocycles. The molecule has 0 spiro atoms. The first-order valence-electron chi connectivity index (χ1n) is 5.11. The Morgan fingerprint density at radius 2 is 2.06 bits per heavy atom. The van der Waals surface area contributed by atoms with Crippen LogP contribution in [0.4, 0.5) is 15.8 Å². The Bertz CT molecular complexity index is 632. The van der Waals surface area contributed by atoms with E-state index < -0.39 is 11.7 Å². The molecule has 0 radical (unpaired) electrons. The molecular formula is C12H10FN3O2. The first-order chi connectivity index (χ1) is 8.56. The van der Waals surface area contributed by atoms with Gasteiger partial charge in [-0.05, 0) is 24.3 Å². The van der Waals surface area contributed by atoms with E-state index in [2.05, 4.69) is 10.3 Å². The largest absolute Gasteiger partial charge is 0.396 e. The fraction of sp³-hybridized carbons (Fsp3) is 0. The van der Waals surface area contributed by atoms with Crippen LogP contribution in [0.25, 0.3) is 0 Å². The number of anilines is 2. The summed E-state index contributed by atoms with van der Waals surface area (Å²) < 4.78 is 12.9. The highest BCUT2D eigenvalue weighted by Crippen LogP contribution is 2.16. The number of amides is 1. The Kier molecular flexibility index (Phi) is 3.09. The van der Waals surface area contributed by atoms with Crippen molar-refractivity contribution in [2.45, 2.75) is 0 Å². The molecule has 2 aromatic rings. The standard InChI is InChI=1S/C12H10FN3O2/c13-9-3-2-8(5-10(9)14)16-12(18)7-1-4-11(17)15-6-7/h1-6H,14H2,(H,15,17)(H,16,18). The van der Waals surface area contributed by atoms with Crippen molar-refractivity contribution in [3.8, 4) is 0 Å². The van der Waals surface area contributed by atoms with Crippen molar-refractivity contribution < 1.29 is 9.18 Å². The summed E-state index contributed by atoms with van der Waals surface area (Å²) in [7, 11) is 0. The van der Waals surface area contributed by atoms with Crippen LogP contribution in [0.2, 0.25) is 0 Å². The highest BCUT2D eigenvalue weighted by Gasteiger charge is 2.07. The minimum Gasteiger partial charge on any atom is -0.396 e. The lowest BCUT2D eigenvalue weighted by Gasteiger charge is -2.06. The van der Waals surface area contributed by atoms with Crippen LogP contribution in [0, 0.1) is 5.82 Å². The fourth-order valence-electron chi connectivity index (χ4n) is 1.38. The topological polar surface area (TPSA) is 88.0 Å². The number of aromatic nitrogens is 1. The van der Waals surface area contributed by atoms with Crippen molar-refractivity contribution in [3.05, 3.63) is 58.3 Å². The average Bonchev–Trinajstić information content (AvgIpc) is 2.34. The van der Waals surface area contributed by atoms with Gasteiger partial charge in [0.05, 0.1) is 11.3 Å². The summed E-state index contributed by atoms with van der Waals surface area (Å²) in [6, 6.07) is 6.51. The number of carbonyl (C=O) groups excluding carboxylic acids is 1. The predicted molar refractivity (Wildman–Crippen MR) is 65.8 cm³/mol. The van der Waals surface area contributed by atoms with Gasteiger partial charge in [-0.3, -0.25) is 9.59 Å². The molecule has 2 rings (SSSR count). The Labute approximate surface area is 101 Å². The fourth-order valence-corrected chi connectivity index (χ4v) is 1.38. The normalized spacial score (nSPS) is 10.1. The van der Waals surface area contributed by atoms with Gasteiger partial charge in [-0.15, -0.1) is 0 Å². The summed E-state index contributed by atoms with van der Waals surface area (Å²) in [6.07, 6.45) is 1.30. The second-order valence-electron chi connectivity index (χ2n) is 3.63. The molecule has 0 unspecified atom stereocenters. The van der Waals surface area contributed by atoms with E-state index in [4.69, 9.17) is 5.73 Å². The van der Waals surface area contributed by atoms with E-state index in [0.717, 1.165) is 6.07 Å². The molecule has 5 nitrogen and oxygen atoms in total. The zero-order valence-electron chi connectivity index (χ0n) is 9.24. The third kappa shape index (κ3) is 2.54. The lowest BCUT2D eigenvalue weighted by atomic mass is 10.2. The summed E-state index contributed by atoms with van der Waals surface area (Å²) in [4.78, 5) is 25.0. The van der Waals surface area contributed by atoms with Crippen LogP contribution < -0.4 is 16.6 Å². The van der Waals surface area contributed by atoms with Crippen molar-refractivity contribution >= 4 is 17.3 Å². The monoisotopic (exact) mass is 247 g/mol. The van der Waals surface area contributed by atoms with Gasteiger partial charge in [0, 0.05) is 18.0 Å². The van der Waals surface area contributed by atoms with E-state index >= 15 is 0 Å². The number of nitrogens with two attached hydrogens (primary N) is 1. The molecule has 0 bridgehead atoms. The van der Waals surface area contributed by atoms with Crippen LogP contribution in [0.15, 0.2) is 41.3 Å². The zero-order chi connectivity index (χ0) is 13.1. The Balaban J connectivity index is 2.18. The maximum atomic E-state index is 12.9. The number of halogens is 1. The van der Waals surface area contributed by atoms with Gasteiger partial charge < -0.3 is 16.0 Å². The number of nitrogens with one attached hydrogen (secondary N) is 2. The van der Waals surface area contributed by atoms with Crippen molar-refractivity contribution in [1.82, 2.24) is 4.98 Å². The lowest BCUT2D eigenvalue weighted by molar-refractivity contribution is 0.102. The molecule has 6 heteroatoms. The van der Waals surface area contributed by atoms with Crippen molar-refractivity contribution in [3.63, 3.8) is 0 Å². The highest BCUT2D eigenvalue weighted by atomic mass is 19.1. The maximum Gasteiger partial charge on any atom is 0.257 e. The molecule has 1 amide bonds. The molecule has 0 atom stereocenters. The molecular weight excluding hydrogens is 237 g/mol.